The summed E-state index contributed by atoms with van der Waals surface area (Å²) in [6.45, 7) is 3.02. The maximum Gasteiger partial charge on any atom is 0.109 e. The van der Waals surface area contributed by atoms with E-state index in [-0.39, 0.29) is 13.2 Å². The first-order chi connectivity index (χ1) is 15.4. The highest BCUT2D eigenvalue weighted by atomic mass is 16.4. The molecule has 4 rings (SSSR count). The zero-order valence-electron chi connectivity index (χ0n) is 17.9. The Bertz CT molecular complexity index is 1010. The molecule has 32 heavy (non-hydrogen) atoms. The Kier molecular flexibility index (Phi) is 6.83. The number of likely N-dealkylation sites (tertiary alicyclic amines) is 1. The average molecular weight is 440 g/mol. The van der Waals surface area contributed by atoms with Gasteiger partial charge in [-0.2, -0.15) is 15.0 Å². The van der Waals surface area contributed by atoms with Crippen molar-refractivity contribution in [3.05, 3.63) is 71.5 Å². The Morgan fingerprint density at radius 2 is 1.66 bits per heavy atom. The predicted molar refractivity (Wildman–Crippen MR) is 119 cm³/mol. The first-order valence-electron chi connectivity index (χ1n) is 10.6. The van der Waals surface area contributed by atoms with Crippen LogP contribution in [0.2, 0.25) is 0 Å². The topological polar surface area (TPSA) is 127 Å². The van der Waals surface area contributed by atoms with Gasteiger partial charge in [0.2, 0.25) is 0 Å². The molecule has 0 radical (unpaired) electrons. The van der Waals surface area contributed by atoms with E-state index < -0.39 is 24.4 Å². The van der Waals surface area contributed by atoms with Crippen LogP contribution in [0.5, 0.6) is 0 Å². The van der Waals surface area contributed by atoms with E-state index in [1.807, 2.05) is 43.3 Å². The molecule has 0 bridgehead atoms. The second-order valence-electron chi connectivity index (χ2n) is 8.27. The Balaban J connectivity index is 1.38. The van der Waals surface area contributed by atoms with Gasteiger partial charge in [-0.15, -0.1) is 0 Å². The van der Waals surface area contributed by atoms with Gasteiger partial charge in [0.1, 0.15) is 12.2 Å². The number of β-amino-alcohol motifs (C(OH)–C–C–N with tert-alkyl or cyclic N) is 1. The minimum absolute atomic E-state index is 0.188. The van der Waals surface area contributed by atoms with Crippen LogP contribution in [0.1, 0.15) is 16.7 Å². The Morgan fingerprint density at radius 3 is 2.34 bits per heavy atom. The molecule has 1 fully saturated rings. The van der Waals surface area contributed by atoms with E-state index >= 15 is 0 Å². The molecule has 3 aromatic rings. The number of nitrogens with zero attached hydrogens (tertiary/aromatic N) is 4. The van der Waals surface area contributed by atoms with Gasteiger partial charge in [0.05, 0.1) is 36.8 Å². The van der Waals surface area contributed by atoms with Gasteiger partial charge < -0.3 is 25.7 Å². The van der Waals surface area contributed by atoms with Crippen LogP contribution in [-0.4, -0.2) is 77.8 Å². The minimum Gasteiger partial charge on any atom is -0.395 e. The molecule has 2 heterocycles. The van der Waals surface area contributed by atoms with Gasteiger partial charge >= 0.3 is 0 Å². The molecule has 5 N–H and O–H groups in total. The second kappa shape index (κ2) is 9.76. The zero-order valence-corrected chi connectivity index (χ0v) is 17.9. The first-order valence-corrected chi connectivity index (χ1v) is 10.6. The zero-order chi connectivity index (χ0) is 22.7. The van der Waals surface area contributed by atoms with Gasteiger partial charge in [-0.3, -0.25) is 4.90 Å². The molecule has 1 aliphatic heterocycles. The Labute approximate surface area is 186 Å². The maximum absolute atomic E-state index is 10.1. The number of aromatic nitrogens is 3. The molecule has 9 heteroatoms. The van der Waals surface area contributed by atoms with Crippen LogP contribution in [0.15, 0.2) is 54.9 Å². The van der Waals surface area contributed by atoms with E-state index in [9.17, 15) is 20.4 Å². The number of hydrogen-bond acceptors (Lipinski definition) is 8. The van der Waals surface area contributed by atoms with Crippen molar-refractivity contribution >= 4 is 5.69 Å². The van der Waals surface area contributed by atoms with E-state index in [2.05, 4.69) is 21.6 Å². The van der Waals surface area contributed by atoms with Gasteiger partial charge in [-0.1, -0.05) is 24.3 Å². The summed E-state index contributed by atoms with van der Waals surface area (Å²) in [6, 6.07) is 13.5. The SMILES string of the molecule is Cc1cc(NCc2ccc(CN3C[C@H](O)[C@@H](O)[C@H](O)[C@H]3CO)cc2)cc(-n2nccn2)c1. The summed E-state index contributed by atoms with van der Waals surface area (Å²) in [4.78, 5) is 3.38. The summed E-state index contributed by atoms with van der Waals surface area (Å²) in [7, 11) is 0. The molecule has 170 valence electrons. The highest BCUT2D eigenvalue weighted by molar-refractivity contribution is 5.53. The number of benzene rings is 2. The van der Waals surface area contributed by atoms with Crippen molar-refractivity contribution < 1.29 is 20.4 Å². The molecular weight excluding hydrogens is 410 g/mol. The molecule has 9 nitrogen and oxygen atoms in total. The molecule has 1 aromatic heterocycles. The van der Waals surface area contributed by atoms with E-state index in [1.54, 1.807) is 22.1 Å². The number of hydrogen-bond donors (Lipinski definition) is 5. The van der Waals surface area contributed by atoms with Crippen molar-refractivity contribution in [2.24, 2.45) is 0 Å². The second-order valence-corrected chi connectivity index (χ2v) is 8.27. The molecule has 0 saturated carbocycles. The van der Waals surface area contributed by atoms with Gasteiger partial charge in [0.25, 0.3) is 0 Å². The van der Waals surface area contributed by atoms with Crippen molar-refractivity contribution in [2.75, 3.05) is 18.5 Å². The minimum atomic E-state index is -1.25. The lowest BCUT2D eigenvalue weighted by molar-refractivity contribution is -0.147. The van der Waals surface area contributed by atoms with Crippen molar-refractivity contribution in [3.8, 4) is 5.69 Å². The summed E-state index contributed by atoms with van der Waals surface area (Å²) < 4.78 is 0. The summed E-state index contributed by atoms with van der Waals surface area (Å²) in [5, 5.41) is 51.4. The predicted octanol–water partition coefficient (Wildman–Crippen LogP) is 0.447. The third kappa shape index (κ3) is 4.98. The van der Waals surface area contributed by atoms with Crippen LogP contribution >= 0.6 is 0 Å². The van der Waals surface area contributed by atoms with Crippen LogP contribution in [0.4, 0.5) is 5.69 Å². The maximum atomic E-state index is 10.1. The van der Waals surface area contributed by atoms with Crippen LogP contribution in [0.25, 0.3) is 5.69 Å². The lowest BCUT2D eigenvalue weighted by atomic mass is 9.93. The average Bonchev–Trinajstić information content (AvgIpc) is 3.32. The molecule has 0 unspecified atom stereocenters. The first kappa shape index (κ1) is 22.4. The quantitative estimate of drug-likeness (QED) is 0.359. The number of rotatable bonds is 7. The molecule has 0 amide bonds. The van der Waals surface area contributed by atoms with Crippen molar-refractivity contribution in [3.63, 3.8) is 0 Å². The van der Waals surface area contributed by atoms with Gasteiger partial charge in [0, 0.05) is 25.3 Å². The number of nitrogens with one attached hydrogen (secondary N) is 1. The van der Waals surface area contributed by atoms with Gasteiger partial charge in [0.15, 0.2) is 0 Å². The van der Waals surface area contributed by atoms with E-state index in [0.29, 0.717) is 13.1 Å². The van der Waals surface area contributed by atoms with E-state index in [1.165, 1.54) is 0 Å². The molecule has 4 atom stereocenters. The fourth-order valence-corrected chi connectivity index (χ4v) is 4.09. The summed E-state index contributed by atoms with van der Waals surface area (Å²) >= 11 is 0. The standard InChI is InChI=1S/C23H29N5O4/c1-15-8-18(10-19(9-15)28-25-6-7-26-28)24-11-16-2-4-17(5-3-16)12-27-13-21(30)23(32)22(31)20(27)14-29/h2-10,20-24,29-32H,11-14H2,1H3/t20-,21+,22-,23-/m1/s1. The van der Waals surface area contributed by atoms with Crippen LogP contribution in [-0.2, 0) is 13.1 Å². The van der Waals surface area contributed by atoms with Crippen molar-refractivity contribution in [1.82, 2.24) is 19.9 Å². The lowest BCUT2D eigenvalue weighted by Crippen LogP contribution is -2.62. The normalized spacial score (nSPS) is 23.9. The van der Waals surface area contributed by atoms with Crippen molar-refractivity contribution in [1.29, 1.82) is 0 Å². The molecular formula is C23H29N5O4. The van der Waals surface area contributed by atoms with Crippen LogP contribution in [0.3, 0.4) is 0 Å². The Hall–Kier alpha value is -2.82. The van der Waals surface area contributed by atoms with E-state index in [0.717, 1.165) is 28.1 Å². The molecule has 2 aromatic carbocycles. The molecule has 1 aliphatic rings. The van der Waals surface area contributed by atoms with Gasteiger partial charge in [-0.05, 0) is 41.8 Å². The smallest absolute Gasteiger partial charge is 0.109 e. The fraction of sp³-hybridized carbons (Fsp3) is 0.391. The summed E-state index contributed by atoms with van der Waals surface area (Å²) in [5.74, 6) is 0. The highest BCUT2D eigenvalue weighted by Crippen LogP contribution is 2.22. The summed E-state index contributed by atoms with van der Waals surface area (Å²) in [6.07, 6.45) is -0.195. The third-order valence-corrected chi connectivity index (χ3v) is 5.83. The number of aliphatic hydroxyl groups is 4. The molecule has 0 aliphatic carbocycles. The molecule has 1 saturated heterocycles. The van der Waals surface area contributed by atoms with Crippen LogP contribution in [0, 0.1) is 6.92 Å². The Morgan fingerprint density at radius 1 is 0.969 bits per heavy atom. The summed E-state index contributed by atoms with van der Waals surface area (Å²) in [5.41, 5.74) is 5.06. The number of aliphatic hydroxyl groups excluding tert-OH is 4. The molecule has 0 spiro atoms. The lowest BCUT2D eigenvalue weighted by Gasteiger charge is -2.43. The monoisotopic (exact) mass is 439 g/mol. The van der Waals surface area contributed by atoms with Gasteiger partial charge in [-0.25, -0.2) is 0 Å². The highest BCUT2D eigenvalue weighted by Gasteiger charge is 2.40. The number of piperidine rings is 1. The fourth-order valence-electron chi connectivity index (χ4n) is 4.09. The number of aryl methyl sites for hydroxylation is 1. The van der Waals surface area contributed by atoms with Crippen molar-refractivity contribution in [2.45, 2.75) is 44.4 Å². The third-order valence-electron chi connectivity index (χ3n) is 5.83. The van der Waals surface area contributed by atoms with Crippen LogP contribution < -0.4 is 5.32 Å². The number of anilines is 1. The largest absolute Gasteiger partial charge is 0.395 e. The van der Waals surface area contributed by atoms with E-state index in [4.69, 9.17) is 0 Å².